The van der Waals surface area contributed by atoms with E-state index in [9.17, 15) is 14.9 Å². The molecule has 2 aliphatic rings. The van der Waals surface area contributed by atoms with Gasteiger partial charge in [-0.05, 0) is 37.6 Å². The molecule has 134 valence electrons. The van der Waals surface area contributed by atoms with Crippen LogP contribution >= 0.6 is 11.6 Å². The topological polar surface area (TPSA) is 84.7 Å². The normalized spacial score (nSPS) is 23.7. The molecule has 1 saturated heterocycles. The van der Waals surface area contributed by atoms with E-state index in [1.165, 1.54) is 12.1 Å². The Morgan fingerprint density at radius 3 is 2.88 bits per heavy atom. The van der Waals surface area contributed by atoms with Crippen molar-refractivity contribution in [3.63, 3.8) is 0 Å². The standard InChI is InChI=1S/C18H16ClN3O4/c1-10-13(19)4-3-5-15(10)21-17(23)20-14-9-18(21,2)26-16-7-6-11(22(24)25)8-12(14)16/h3-8,14H,9H2,1-2H3,(H,20,23). The monoisotopic (exact) mass is 373 g/mol. The summed E-state index contributed by atoms with van der Waals surface area (Å²) in [6.07, 6.45) is 0.457. The maximum absolute atomic E-state index is 12.9. The number of anilines is 1. The lowest BCUT2D eigenvalue weighted by Crippen LogP contribution is -2.65. The summed E-state index contributed by atoms with van der Waals surface area (Å²) in [6, 6.07) is 9.13. The number of non-ortho nitro benzene ring substituents is 1. The first-order chi connectivity index (χ1) is 12.3. The van der Waals surface area contributed by atoms with Gasteiger partial charge in [-0.2, -0.15) is 0 Å². The molecule has 2 bridgehead atoms. The molecule has 0 aliphatic carbocycles. The van der Waals surface area contributed by atoms with Gasteiger partial charge in [0.1, 0.15) is 5.75 Å². The largest absolute Gasteiger partial charge is 0.467 e. The van der Waals surface area contributed by atoms with Gasteiger partial charge in [0.05, 0.1) is 16.7 Å². The van der Waals surface area contributed by atoms with Crippen molar-refractivity contribution < 1.29 is 14.5 Å². The van der Waals surface area contributed by atoms with Crippen molar-refractivity contribution in [2.75, 3.05) is 4.90 Å². The fourth-order valence-electron chi connectivity index (χ4n) is 3.68. The molecule has 0 radical (unpaired) electrons. The quantitative estimate of drug-likeness (QED) is 0.627. The number of halogens is 1. The zero-order valence-electron chi connectivity index (χ0n) is 14.2. The maximum Gasteiger partial charge on any atom is 0.325 e. The average molecular weight is 374 g/mol. The Morgan fingerprint density at radius 2 is 2.15 bits per heavy atom. The number of hydrogen-bond acceptors (Lipinski definition) is 4. The molecule has 2 unspecified atom stereocenters. The van der Waals surface area contributed by atoms with Crippen LogP contribution in [0.2, 0.25) is 5.02 Å². The molecule has 2 heterocycles. The number of nitro groups is 1. The lowest BCUT2D eigenvalue weighted by molar-refractivity contribution is -0.385. The number of nitrogens with one attached hydrogen (secondary N) is 1. The molecular formula is C18H16ClN3O4. The summed E-state index contributed by atoms with van der Waals surface area (Å²) in [7, 11) is 0. The number of nitrogens with zero attached hydrogens (tertiary/aromatic N) is 2. The van der Waals surface area contributed by atoms with Gasteiger partial charge in [0, 0.05) is 29.1 Å². The Hall–Kier alpha value is -2.80. The van der Waals surface area contributed by atoms with E-state index in [0.29, 0.717) is 28.4 Å². The number of carbonyl (C=O) groups is 1. The molecule has 1 N–H and O–H groups in total. The Bertz CT molecular complexity index is 948. The number of rotatable bonds is 2. The second-order valence-electron chi connectivity index (χ2n) is 6.68. The Kier molecular flexibility index (Phi) is 3.59. The lowest BCUT2D eigenvalue weighted by atomic mass is 9.89. The van der Waals surface area contributed by atoms with Crippen molar-refractivity contribution in [3.8, 4) is 5.75 Å². The first-order valence-corrected chi connectivity index (χ1v) is 8.51. The van der Waals surface area contributed by atoms with Crippen LogP contribution in [0.4, 0.5) is 16.2 Å². The Labute approximate surface area is 154 Å². The van der Waals surface area contributed by atoms with E-state index in [4.69, 9.17) is 16.3 Å². The minimum Gasteiger partial charge on any atom is -0.467 e. The van der Waals surface area contributed by atoms with E-state index in [0.717, 1.165) is 5.56 Å². The van der Waals surface area contributed by atoms with Gasteiger partial charge in [0.25, 0.3) is 5.69 Å². The molecule has 0 saturated carbocycles. The van der Waals surface area contributed by atoms with Crippen LogP contribution in [-0.4, -0.2) is 16.7 Å². The van der Waals surface area contributed by atoms with Gasteiger partial charge in [-0.3, -0.25) is 15.0 Å². The molecule has 2 amide bonds. The van der Waals surface area contributed by atoms with Crippen LogP contribution in [-0.2, 0) is 0 Å². The molecule has 4 rings (SSSR count). The maximum atomic E-state index is 12.9. The molecule has 2 aromatic carbocycles. The van der Waals surface area contributed by atoms with Crippen molar-refractivity contribution >= 4 is 29.0 Å². The van der Waals surface area contributed by atoms with Crippen LogP contribution in [0.15, 0.2) is 36.4 Å². The van der Waals surface area contributed by atoms with E-state index in [1.54, 1.807) is 23.1 Å². The van der Waals surface area contributed by atoms with Gasteiger partial charge < -0.3 is 10.1 Å². The number of urea groups is 1. The number of carbonyl (C=O) groups excluding carboxylic acids is 1. The van der Waals surface area contributed by atoms with Gasteiger partial charge in [-0.25, -0.2) is 4.79 Å². The Balaban J connectivity index is 1.81. The number of fused-ring (bicyclic) bond motifs is 4. The van der Waals surface area contributed by atoms with Gasteiger partial charge in [-0.1, -0.05) is 17.7 Å². The molecule has 1 fully saturated rings. The van der Waals surface area contributed by atoms with Crippen LogP contribution < -0.4 is 15.0 Å². The minimum absolute atomic E-state index is 0.0293. The zero-order chi connectivity index (χ0) is 18.6. The molecule has 2 aromatic rings. The second kappa shape index (κ2) is 5.60. The molecule has 0 spiro atoms. The SMILES string of the molecule is Cc1c(Cl)cccc1N1C(=O)NC2CC1(C)Oc1ccc([N+](=O)[O-])cc12. The van der Waals surface area contributed by atoms with Crippen LogP contribution in [0.1, 0.15) is 30.5 Å². The smallest absolute Gasteiger partial charge is 0.325 e. The summed E-state index contributed by atoms with van der Waals surface area (Å²) < 4.78 is 6.16. The van der Waals surface area contributed by atoms with Crippen LogP contribution in [0.25, 0.3) is 0 Å². The van der Waals surface area contributed by atoms with Crippen molar-refractivity contribution in [1.29, 1.82) is 0 Å². The molecule has 8 heteroatoms. The molecular weight excluding hydrogens is 358 g/mol. The zero-order valence-corrected chi connectivity index (χ0v) is 14.9. The number of nitro benzene ring substituents is 1. The first kappa shape index (κ1) is 16.7. The highest BCUT2D eigenvalue weighted by Crippen LogP contribution is 2.47. The average Bonchev–Trinajstić information content (AvgIpc) is 2.57. The summed E-state index contributed by atoms with van der Waals surface area (Å²) in [5, 5.41) is 14.5. The van der Waals surface area contributed by atoms with Gasteiger partial charge in [0.15, 0.2) is 5.72 Å². The minimum atomic E-state index is -0.925. The highest BCUT2D eigenvalue weighted by atomic mass is 35.5. The third-order valence-corrected chi connectivity index (χ3v) is 5.36. The van der Waals surface area contributed by atoms with Crippen molar-refractivity contribution in [2.24, 2.45) is 0 Å². The van der Waals surface area contributed by atoms with Crippen LogP contribution in [0.5, 0.6) is 5.75 Å². The number of benzene rings is 2. The number of amides is 2. The predicted molar refractivity (Wildman–Crippen MR) is 96.7 cm³/mol. The third-order valence-electron chi connectivity index (χ3n) is 4.95. The van der Waals surface area contributed by atoms with Crippen LogP contribution in [0, 0.1) is 17.0 Å². The first-order valence-electron chi connectivity index (χ1n) is 8.13. The molecule has 2 atom stereocenters. The van der Waals surface area contributed by atoms with Crippen molar-refractivity contribution in [3.05, 3.63) is 62.7 Å². The number of hydrogen-bond donors (Lipinski definition) is 1. The second-order valence-corrected chi connectivity index (χ2v) is 7.09. The van der Waals surface area contributed by atoms with Crippen LogP contribution in [0.3, 0.4) is 0 Å². The van der Waals surface area contributed by atoms with Crippen molar-refractivity contribution in [1.82, 2.24) is 5.32 Å². The van der Waals surface area contributed by atoms with E-state index in [2.05, 4.69) is 5.32 Å². The lowest BCUT2D eigenvalue weighted by Gasteiger charge is -2.50. The highest BCUT2D eigenvalue weighted by Gasteiger charge is 2.50. The fourth-order valence-corrected chi connectivity index (χ4v) is 3.85. The summed E-state index contributed by atoms with van der Waals surface area (Å²) in [4.78, 5) is 25.0. The summed E-state index contributed by atoms with van der Waals surface area (Å²) in [6.45, 7) is 3.68. The third kappa shape index (κ3) is 2.39. The highest BCUT2D eigenvalue weighted by molar-refractivity contribution is 6.31. The molecule has 26 heavy (non-hydrogen) atoms. The van der Waals surface area contributed by atoms with E-state index >= 15 is 0 Å². The summed E-state index contributed by atoms with van der Waals surface area (Å²) >= 11 is 6.22. The van der Waals surface area contributed by atoms with Gasteiger partial charge >= 0.3 is 6.03 Å². The molecule has 7 nitrogen and oxygen atoms in total. The molecule has 2 aliphatic heterocycles. The number of ether oxygens (including phenoxy) is 1. The van der Waals surface area contributed by atoms with E-state index in [-0.39, 0.29) is 17.8 Å². The fraction of sp³-hybridized carbons (Fsp3) is 0.278. The van der Waals surface area contributed by atoms with E-state index < -0.39 is 10.6 Å². The van der Waals surface area contributed by atoms with Gasteiger partial charge in [-0.15, -0.1) is 0 Å². The predicted octanol–water partition coefficient (Wildman–Crippen LogP) is 4.33. The van der Waals surface area contributed by atoms with Gasteiger partial charge in [0.2, 0.25) is 0 Å². The Morgan fingerprint density at radius 1 is 1.38 bits per heavy atom. The molecule has 0 aromatic heterocycles. The van der Waals surface area contributed by atoms with Crippen molar-refractivity contribution in [2.45, 2.75) is 32.0 Å². The summed E-state index contributed by atoms with van der Waals surface area (Å²) in [5.41, 5.74) is 1.11. The summed E-state index contributed by atoms with van der Waals surface area (Å²) in [5.74, 6) is 0.527. The van der Waals surface area contributed by atoms with E-state index in [1.807, 2.05) is 19.9 Å².